The summed E-state index contributed by atoms with van der Waals surface area (Å²) in [4.78, 5) is 1.02. The lowest BCUT2D eigenvalue weighted by atomic mass is 10.2. The molecule has 0 aliphatic rings. The second-order valence-electron chi connectivity index (χ2n) is 3.52. The number of hydrogen-bond acceptors (Lipinski definition) is 1. The van der Waals surface area contributed by atoms with Gasteiger partial charge in [-0.3, -0.25) is 4.90 Å². The third-order valence-electron chi connectivity index (χ3n) is 1.90. The van der Waals surface area contributed by atoms with Gasteiger partial charge in [-0.05, 0) is 19.2 Å². The first-order valence-corrected chi connectivity index (χ1v) is 5.26. The average Bonchev–Trinajstić information content (AvgIpc) is 2.06. The monoisotopic (exact) mass is 299 g/mol. The molecule has 0 saturated heterocycles. The highest BCUT2D eigenvalue weighted by Crippen LogP contribution is 2.19. The zero-order valence-corrected chi connectivity index (χ0v) is 10.1. The van der Waals surface area contributed by atoms with Crippen LogP contribution in [-0.2, 0) is 6.54 Å². The van der Waals surface area contributed by atoms with Gasteiger partial charge in [0.1, 0.15) is 5.82 Å². The van der Waals surface area contributed by atoms with Crippen LogP contribution in [-0.4, -0.2) is 24.7 Å². The Balaban J connectivity index is 2.66. The van der Waals surface area contributed by atoms with Gasteiger partial charge in [-0.15, -0.1) is 0 Å². The fourth-order valence-corrected chi connectivity index (χ4v) is 1.64. The van der Waals surface area contributed by atoms with Crippen LogP contribution < -0.4 is 0 Å². The molecule has 0 aromatic heterocycles. The van der Waals surface area contributed by atoms with Crippen molar-refractivity contribution in [3.05, 3.63) is 34.1 Å². The molecule has 90 valence electrons. The minimum absolute atomic E-state index is 0.0708. The number of alkyl halides is 3. The smallest absolute Gasteiger partial charge is 0.294 e. The van der Waals surface area contributed by atoms with E-state index < -0.39 is 18.5 Å². The maximum Gasteiger partial charge on any atom is 0.401 e. The van der Waals surface area contributed by atoms with Crippen molar-refractivity contribution in [2.45, 2.75) is 12.7 Å². The average molecular weight is 300 g/mol. The zero-order chi connectivity index (χ0) is 12.3. The molecular weight excluding hydrogens is 290 g/mol. The molecule has 1 nitrogen and oxygen atoms in total. The van der Waals surface area contributed by atoms with Gasteiger partial charge in [0, 0.05) is 16.6 Å². The number of hydrogen-bond donors (Lipinski definition) is 0. The Kier molecular flexibility index (Phi) is 4.32. The number of rotatable bonds is 3. The highest BCUT2D eigenvalue weighted by Gasteiger charge is 2.29. The summed E-state index contributed by atoms with van der Waals surface area (Å²) >= 11 is 3.08. The minimum atomic E-state index is -4.26. The number of nitrogens with zero attached hydrogens (tertiary/aromatic N) is 1. The molecule has 0 atom stereocenters. The lowest BCUT2D eigenvalue weighted by molar-refractivity contribution is -0.144. The van der Waals surface area contributed by atoms with Crippen molar-refractivity contribution in [2.75, 3.05) is 13.6 Å². The van der Waals surface area contributed by atoms with E-state index in [1.165, 1.54) is 19.2 Å². The van der Waals surface area contributed by atoms with E-state index in [0.717, 1.165) is 4.90 Å². The fourth-order valence-electron chi connectivity index (χ4n) is 1.30. The molecule has 16 heavy (non-hydrogen) atoms. The third kappa shape index (κ3) is 4.49. The minimum Gasteiger partial charge on any atom is -0.294 e. The molecule has 1 aromatic carbocycles. The van der Waals surface area contributed by atoms with Crippen molar-refractivity contribution in [2.24, 2.45) is 0 Å². The maximum absolute atomic E-state index is 13.3. The molecule has 6 heteroatoms. The molecule has 0 amide bonds. The Labute approximate surface area is 99.2 Å². The normalized spacial score (nSPS) is 12.2. The van der Waals surface area contributed by atoms with Crippen molar-refractivity contribution in [3.8, 4) is 0 Å². The van der Waals surface area contributed by atoms with Crippen LogP contribution in [0.5, 0.6) is 0 Å². The van der Waals surface area contributed by atoms with Gasteiger partial charge in [0.05, 0.1) is 6.54 Å². The van der Waals surface area contributed by atoms with E-state index in [0.29, 0.717) is 4.47 Å². The predicted molar refractivity (Wildman–Crippen MR) is 56.5 cm³/mol. The summed E-state index contributed by atoms with van der Waals surface area (Å²) < 4.78 is 50.0. The van der Waals surface area contributed by atoms with Crippen molar-refractivity contribution < 1.29 is 17.6 Å². The number of halogens is 5. The van der Waals surface area contributed by atoms with Crippen molar-refractivity contribution >= 4 is 15.9 Å². The molecule has 0 bridgehead atoms. The van der Waals surface area contributed by atoms with Crippen LogP contribution in [0.1, 0.15) is 5.56 Å². The standard InChI is InChI=1S/C10H10BrF4N/c1-16(6-10(13,14)15)5-7-2-3-8(11)4-9(7)12/h2-4H,5-6H2,1H3. The lowest BCUT2D eigenvalue weighted by Gasteiger charge is -2.18. The first kappa shape index (κ1) is 13.4. The molecule has 0 saturated carbocycles. The molecule has 0 spiro atoms. The van der Waals surface area contributed by atoms with E-state index in [1.807, 2.05) is 0 Å². The summed E-state index contributed by atoms with van der Waals surface area (Å²) in [5.41, 5.74) is 0.245. The molecule has 0 N–H and O–H groups in total. The van der Waals surface area contributed by atoms with E-state index >= 15 is 0 Å². The zero-order valence-electron chi connectivity index (χ0n) is 8.48. The molecule has 0 heterocycles. The van der Waals surface area contributed by atoms with Crippen LogP contribution in [0.15, 0.2) is 22.7 Å². The Morgan fingerprint density at radius 2 is 1.94 bits per heavy atom. The van der Waals surface area contributed by atoms with E-state index in [4.69, 9.17) is 0 Å². The molecule has 0 aliphatic heterocycles. The Hall–Kier alpha value is -0.620. The van der Waals surface area contributed by atoms with Gasteiger partial charge in [-0.25, -0.2) is 4.39 Å². The van der Waals surface area contributed by atoms with Crippen molar-refractivity contribution in [1.29, 1.82) is 0 Å². The first-order valence-electron chi connectivity index (χ1n) is 4.47. The van der Waals surface area contributed by atoms with Crippen LogP contribution in [0, 0.1) is 5.82 Å². The molecule has 0 aliphatic carbocycles. The Bertz CT molecular complexity index is 364. The van der Waals surface area contributed by atoms with E-state index in [-0.39, 0.29) is 12.1 Å². The van der Waals surface area contributed by atoms with Gasteiger partial charge in [0.2, 0.25) is 0 Å². The van der Waals surface area contributed by atoms with Crippen molar-refractivity contribution in [1.82, 2.24) is 4.90 Å². The van der Waals surface area contributed by atoms with Gasteiger partial charge in [0.15, 0.2) is 0 Å². The fraction of sp³-hybridized carbons (Fsp3) is 0.400. The van der Waals surface area contributed by atoms with Gasteiger partial charge in [-0.2, -0.15) is 13.2 Å². The lowest BCUT2D eigenvalue weighted by Crippen LogP contribution is -2.30. The Morgan fingerprint density at radius 1 is 1.31 bits per heavy atom. The molecular formula is C10H10BrF4N. The topological polar surface area (TPSA) is 3.24 Å². The number of benzene rings is 1. The second kappa shape index (κ2) is 5.14. The van der Waals surface area contributed by atoms with Crippen LogP contribution in [0.25, 0.3) is 0 Å². The first-order chi connectivity index (χ1) is 7.28. The highest BCUT2D eigenvalue weighted by atomic mass is 79.9. The third-order valence-corrected chi connectivity index (χ3v) is 2.40. The van der Waals surface area contributed by atoms with Gasteiger partial charge in [0.25, 0.3) is 0 Å². The van der Waals surface area contributed by atoms with Gasteiger partial charge >= 0.3 is 6.18 Å². The molecule has 0 radical (unpaired) electrons. The van der Waals surface area contributed by atoms with E-state index in [2.05, 4.69) is 15.9 Å². The second-order valence-corrected chi connectivity index (χ2v) is 4.44. The SMILES string of the molecule is CN(Cc1ccc(Br)cc1F)CC(F)(F)F. The largest absolute Gasteiger partial charge is 0.401 e. The molecule has 1 aromatic rings. The van der Waals surface area contributed by atoms with Crippen LogP contribution >= 0.6 is 15.9 Å². The quantitative estimate of drug-likeness (QED) is 0.771. The van der Waals surface area contributed by atoms with Crippen LogP contribution in [0.3, 0.4) is 0 Å². The highest BCUT2D eigenvalue weighted by molar-refractivity contribution is 9.10. The summed E-state index contributed by atoms with van der Waals surface area (Å²) in [5, 5.41) is 0. The van der Waals surface area contributed by atoms with Crippen LogP contribution in [0.2, 0.25) is 0 Å². The molecule has 1 rings (SSSR count). The summed E-state index contributed by atoms with van der Waals surface area (Å²) in [5.74, 6) is -0.511. The maximum atomic E-state index is 13.3. The van der Waals surface area contributed by atoms with E-state index in [9.17, 15) is 17.6 Å². The molecule has 0 fully saturated rings. The van der Waals surface area contributed by atoms with E-state index in [1.54, 1.807) is 6.07 Å². The Morgan fingerprint density at radius 3 is 2.44 bits per heavy atom. The summed E-state index contributed by atoms with van der Waals surface area (Å²) in [6.45, 7) is -1.12. The van der Waals surface area contributed by atoms with Crippen LogP contribution in [0.4, 0.5) is 17.6 Å². The predicted octanol–water partition coefficient (Wildman–Crippen LogP) is 3.58. The van der Waals surface area contributed by atoms with Crippen molar-refractivity contribution in [3.63, 3.8) is 0 Å². The summed E-state index contributed by atoms with van der Waals surface area (Å²) in [6, 6.07) is 4.29. The van der Waals surface area contributed by atoms with Gasteiger partial charge in [-0.1, -0.05) is 22.0 Å². The summed E-state index contributed by atoms with van der Waals surface area (Å²) in [7, 11) is 1.30. The summed E-state index contributed by atoms with van der Waals surface area (Å²) in [6.07, 6.45) is -4.26. The van der Waals surface area contributed by atoms with Gasteiger partial charge < -0.3 is 0 Å². The molecule has 0 unspecified atom stereocenters.